The van der Waals surface area contributed by atoms with E-state index < -0.39 is 35.7 Å². The molecule has 0 aliphatic rings. The highest BCUT2D eigenvalue weighted by Gasteiger charge is 2.15. The normalized spacial score (nSPS) is 10.3. The lowest BCUT2D eigenvalue weighted by Crippen LogP contribution is -2.21. The van der Waals surface area contributed by atoms with Crippen molar-refractivity contribution < 1.29 is 23.1 Å². The number of anilines is 1. The second kappa shape index (κ2) is 7.00. The molecular weight excluding hydrogens is 304 g/mol. The van der Waals surface area contributed by atoms with E-state index in [1.54, 1.807) is 6.07 Å². The predicted octanol–water partition coefficient (Wildman–Crippen LogP) is 3.38. The van der Waals surface area contributed by atoms with Crippen LogP contribution in [0.4, 0.5) is 14.5 Å². The first-order valence-corrected chi connectivity index (χ1v) is 6.86. The summed E-state index contributed by atoms with van der Waals surface area (Å²) < 4.78 is 30.9. The number of ether oxygens (including phenoxy) is 1. The molecule has 0 aliphatic heterocycles. The smallest absolute Gasteiger partial charge is 0.341 e. The van der Waals surface area contributed by atoms with Gasteiger partial charge < -0.3 is 10.1 Å². The van der Waals surface area contributed by atoms with Crippen LogP contribution >= 0.6 is 0 Å². The number of carbonyl (C=O) groups is 2. The molecule has 0 saturated heterocycles. The molecule has 0 aliphatic carbocycles. The molecule has 0 radical (unpaired) electrons. The van der Waals surface area contributed by atoms with Crippen LogP contribution in [0.3, 0.4) is 0 Å². The molecule has 2 aromatic rings. The zero-order chi connectivity index (χ0) is 17.0. The van der Waals surface area contributed by atoms with E-state index in [9.17, 15) is 18.4 Å². The summed E-state index contributed by atoms with van der Waals surface area (Å²) in [4.78, 5) is 23.5. The first-order chi connectivity index (χ1) is 10.9. The minimum Gasteiger partial charge on any atom is -0.452 e. The third kappa shape index (κ3) is 4.35. The van der Waals surface area contributed by atoms with Crippen molar-refractivity contribution in [3.8, 4) is 0 Å². The highest BCUT2D eigenvalue weighted by molar-refractivity contribution is 5.96. The Kier molecular flexibility index (Phi) is 5.05. The van der Waals surface area contributed by atoms with E-state index in [1.165, 1.54) is 0 Å². The number of nitrogens with one attached hydrogen (secondary N) is 1. The van der Waals surface area contributed by atoms with Crippen molar-refractivity contribution in [3.05, 3.63) is 64.7 Å². The van der Waals surface area contributed by atoms with Gasteiger partial charge in [0, 0.05) is 11.8 Å². The molecule has 120 valence electrons. The molecule has 0 spiro atoms. The monoisotopic (exact) mass is 319 g/mol. The van der Waals surface area contributed by atoms with Gasteiger partial charge in [0.15, 0.2) is 6.61 Å². The Morgan fingerprint density at radius 3 is 2.48 bits per heavy atom. The number of rotatable bonds is 4. The maximum atomic E-state index is 13.4. The van der Waals surface area contributed by atoms with Crippen LogP contribution in [0.25, 0.3) is 0 Å². The number of halogens is 2. The van der Waals surface area contributed by atoms with Gasteiger partial charge >= 0.3 is 5.97 Å². The summed E-state index contributed by atoms with van der Waals surface area (Å²) in [6.45, 7) is 3.20. The molecule has 0 heterocycles. The number of benzene rings is 2. The zero-order valence-corrected chi connectivity index (χ0v) is 12.7. The molecule has 4 nitrogen and oxygen atoms in total. The number of carbonyl (C=O) groups excluding carboxylic acids is 2. The van der Waals surface area contributed by atoms with Crippen molar-refractivity contribution in [2.45, 2.75) is 13.8 Å². The minimum atomic E-state index is -1.04. The summed E-state index contributed by atoms with van der Waals surface area (Å²) in [5.41, 5.74) is 2.10. The molecule has 0 saturated carbocycles. The van der Waals surface area contributed by atoms with Gasteiger partial charge in [-0.25, -0.2) is 13.6 Å². The Morgan fingerprint density at radius 2 is 1.83 bits per heavy atom. The van der Waals surface area contributed by atoms with Crippen LogP contribution in [0, 0.1) is 25.5 Å². The Labute approximate surface area is 132 Å². The second-order valence-electron chi connectivity index (χ2n) is 5.07. The molecular formula is C17H15F2NO3. The van der Waals surface area contributed by atoms with E-state index in [0.717, 1.165) is 23.3 Å². The third-order valence-corrected chi connectivity index (χ3v) is 3.14. The van der Waals surface area contributed by atoms with Crippen molar-refractivity contribution in [2.75, 3.05) is 11.9 Å². The lowest BCUT2D eigenvalue weighted by atomic mass is 10.1. The predicted molar refractivity (Wildman–Crippen MR) is 81.2 cm³/mol. The molecule has 2 rings (SSSR count). The van der Waals surface area contributed by atoms with E-state index in [4.69, 9.17) is 4.74 Å². The van der Waals surface area contributed by atoms with Crippen LogP contribution in [0.1, 0.15) is 21.5 Å². The molecule has 0 fully saturated rings. The summed E-state index contributed by atoms with van der Waals surface area (Å²) in [6.07, 6.45) is 0. The Hall–Kier alpha value is -2.76. The highest BCUT2D eigenvalue weighted by atomic mass is 19.1. The number of esters is 1. The summed E-state index contributed by atoms with van der Waals surface area (Å²) in [5, 5.41) is 2.60. The van der Waals surface area contributed by atoms with E-state index in [0.29, 0.717) is 11.8 Å². The van der Waals surface area contributed by atoms with E-state index >= 15 is 0 Å². The molecule has 0 aromatic heterocycles. The van der Waals surface area contributed by atoms with Crippen molar-refractivity contribution in [1.82, 2.24) is 0 Å². The van der Waals surface area contributed by atoms with Crippen molar-refractivity contribution in [3.63, 3.8) is 0 Å². The van der Waals surface area contributed by atoms with Crippen LogP contribution < -0.4 is 5.32 Å². The molecule has 0 unspecified atom stereocenters. The molecule has 0 atom stereocenters. The zero-order valence-electron chi connectivity index (χ0n) is 12.7. The van der Waals surface area contributed by atoms with Gasteiger partial charge in [-0.1, -0.05) is 17.7 Å². The lowest BCUT2D eigenvalue weighted by molar-refractivity contribution is -0.119. The summed E-state index contributed by atoms with van der Waals surface area (Å²) in [6, 6.07) is 7.96. The van der Waals surface area contributed by atoms with Gasteiger partial charge in [-0.15, -0.1) is 0 Å². The van der Waals surface area contributed by atoms with Crippen LogP contribution in [-0.2, 0) is 9.53 Å². The number of aryl methyl sites for hydroxylation is 2. The SMILES string of the molecule is Cc1ccc(NC(=O)COC(=O)c2ccc(F)cc2F)c(C)c1. The van der Waals surface area contributed by atoms with Crippen LogP contribution in [0.15, 0.2) is 36.4 Å². The molecule has 6 heteroatoms. The largest absolute Gasteiger partial charge is 0.452 e. The summed E-state index contributed by atoms with van der Waals surface area (Å²) >= 11 is 0. The van der Waals surface area contributed by atoms with Crippen molar-refractivity contribution >= 4 is 17.6 Å². The first-order valence-electron chi connectivity index (χ1n) is 6.86. The van der Waals surface area contributed by atoms with E-state index in [-0.39, 0.29) is 0 Å². The van der Waals surface area contributed by atoms with Crippen molar-refractivity contribution in [1.29, 1.82) is 0 Å². The second-order valence-corrected chi connectivity index (χ2v) is 5.07. The quantitative estimate of drug-likeness (QED) is 0.879. The number of amides is 1. The fourth-order valence-corrected chi connectivity index (χ4v) is 2.00. The Balaban J connectivity index is 1.94. The number of hydrogen-bond donors (Lipinski definition) is 1. The standard InChI is InChI=1S/C17H15F2NO3/c1-10-3-6-15(11(2)7-10)20-16(21)9-23-17(22)13-5-4-12(18)8-14(13)19/h3-8H,9H2,1-2H3,(H,20,21). The third-order valence-electron chi connectivity index (χ3n) is 3.14. The first kappa shape index (κ1) is 16.6. The van der Waals surface area contributed by atoms with Crippen LogP contribution in [-0.4, -0.2) is 18.5 Å². The minimum absolute atomic E-state index is 0.425. The molecule has 23 heavy (non-hydrogen) atoms. The van der Waals surface area contributed by atoms with Gasteiger partial charge in [-0.3, -0.25) is 4.79 Å². The Morgan fingerprint density at radius 1 is 1.09 bits per heavy atom. The van der Waals surface area contributed by atoms with Crippen LogP contribution in [0.5, 0.6) is 0 Å². The topological polar surface area (TPSA) is 55.4 Å². The number of hydrogen-bond acceptors (Lipinski definition) is 3. The van der Waals surface area contributed by atoms with Gasteiger partial charge in [0.1, 0.15) is 11.6 Å². The van der Waals surface area contributed by atoms with Gasteiger partial charge in [0.2, 0.25) is 0 Å². The fraction of sp³-hybridized carbons (Fsp3) is 0.176. The highest BCUT2D eigenvalue weighted by Crippen LogP contribution is 2.16. The Bertz CT molecular complexity index is 759. The molecule has 0 bridgehead atoms. The summed E-state index contributed by atoms with van der Waals surface area (Å²) in [5.74, 6) is -3.41. The lowest BCUT2D eigenvalue weighted by Gasteiger charge is -2.10. The van der Waals surface area contributed by atoms with Gasteiger partial charge in [0.25, 0.3) is 5.91 Å². The molecule has 1 amide bonds. The average Bonchev–Trinajstić information content (AvgIpc) is 2.48. The summed E-state index contributed by atoms with van der Waals surface area (Å²) in [7, 11) is 0. The van der Waals surface area contributed by atoms with E-state index in [2.05, 4.69) is 5.32 Å². The van der Waals surface area contributed by atoms with Crippen LogP contribution in [0.2, 0.25) is 0 Å². The van der Waals surface area contributed by atoms with Crippen molar-refractivity contribution in [2.24, 2.45) is 0 Å². The fourth-order valence-electron chi connectivity index (χ4n) is 2.00. The van der Waals surface area contributed by atoms with Gasteiger partial charge in [-0.2, -0.15) is 0 Å². The average molecular weight is 319 g/mol. The molecule has 2 aromatic carbocycles. The maximum Gasteiger partial charge on any atom is 0.341 e. The van der Waals surface area contributed by atoms with Gasteiger partial charge in [0.05, 0.1) is 5.56 Å². The maximum absolute atomic E-state index is 13.4. The molecule has 1 N–H and O–H groups in total. The van der Waals surface area contributed by atoms with E-state index in [1.807, 2.05) is 26.0 Å². The van der Waals surface area contributed by atoms with Gasteiger partial charge in [-0.05, 0) is 37.6 Å².